The molecule has 0 atom stereocenters. The minimum atomic E-state index is -3.34. The molecule has 0 bridgehead atoms. The number of allylic oxidation sites excluding steroid dienone is 7. The molecule has 0 radical (unpaired) electrons. The molecule has 0 saturated carbocycles. The lowest BCUT2D eigenvalue weighted by atomic mass is 10.0. The molecular weight excluding hydrogens is 421 g/mol. The van der Waals surface area contributed by atoms with Gasteiger partial charge in [0.15, 0.2) is 0 Å². The van der Waals surface area contributed by atoms with E-state index in [9.17, 15) is 9.36 Å². The van der Waals surface area contributed by atoms with Crippen LogP contribution in [-0.4, -0.2) is 31.8 Å². The molecule has 6 heteroatoms. The van der Waals surface area contributed by atoms with Crippen LogP contribution in [0.4, 0.5) is 0 Å². The summed E-state index contributed by atoms with van der Waals surface area (Å²) in [6.45, 7) is 15.2. The summed E-state index contributed by atoms with van der Waals surface area (Å²) in [5, 5.41) is 2.77. The van der Waals surface area contributed by atoms with Crippen LogP contribution in [0.5, 0.6) is 0 Å². The molecule has 0 aliphatic rings. The zero-order valence-electron chi connectivity index (χ0n) is 21.5. The molecule has 0 aromatic carbocycles. The third-order valence-electron chi connectivity index (χ3n) is 4.89. The van der Waals surface area contributed by atoms with Crippen LogP contribution in [0.1, 0.15) is 87.0 Å². The van der Waals surface area contributed by atoms with Crippen LogP contribution in [0.15, 0.2) is 46.6 Å². The van der Waals surface area contributed by atoms with Gasteiger partial charge < -0.3 is 14.4 Å². The first kappa shape index (κ1) is 30.6. The van der Waals surface area contributed by atoms with E-state index in [1.54, 1.807) is 13.8 Å². The summed E-state index contributed by atoms with van der Waals surface area (Å²) in [5.41, 5.74) is 5.50. The Labute approximate surface area is 197 Å². The maximum absolute atomic E-state index is 12.4. The van der Waals surface area contributed by atoms with E-state index in [1.807, 2.05) is 6.08 Å². The molecule has 0 saturated heterocycles. The molecule has 0 rings (SSSR count). The van der Waals surface area contributed by atoms with Gasteiger partial charge in [-0.1, -0.05) is 46.6 Å². The van der Waals surface area contributed by atoms with Crippen molar-refractivity contribution in [1.82, 2.24) is 5.32 Å². The molecule has 0 aromatic heterocycles. The maximum Gasteiger partial charge on any atom is 0.340 e. The van der Waals surface area contributed by atoms with E-state index in [0.29, 0.717) is 6.54 Å². The minimum Gasteiger partial charge on any atom is -0.352 e. The van der Waals surface area contributed by atoms with Gasteiger partial charge in [0, 0.05) is 6.54 Å². The Balaban J connectivity index is 4.23. The quantitative estimate of drug-likeness (QED) is 0.177. The second-order valence-corrected chi connectivity index (χ2v) is 10.5. The van der Waals surface area contributed by atoms with Gasteiger partial charge in [0.05, 0.1) is 13.2 Å². The third kappa shape index (κ3) is 17.2. The number of rotatable bonds is 17. The van der Waals surface area contributed by atoms with Crippen LogP contribution >= 0.6 is 7.60 Å². The standard InChI is InChI=1S/C26H46NO4P/c1-8-30-32(29,31-9-2)21-26(28)27-20-19-25(7)18-12-17-24(6)16-11-15-23(5)14-10-13-22(3)4/h13,15,17,19H,8-12,14,16,18,20-21H2,1-7H3,(H,27,28)/b23-15+,24-17+,25-19+. The lowest BCUT2D eigenvalue weighted by Crippen LogP contribution is -2.27. The van der Waals surface area contributed by atoms with Gasteiger partial charge in [-0.2, -0.15) is 0 Å². The largest absolute Gasteiger partial charge is 0.352 e. The van der Waals surface area contributed by atoms with Gasteiger partial charge >= 0.3 is 7.60 Å². The predicted octanol–water partition coefficient (Wildman–Crippen LogP) is 7.51. The molecule has 0 aliphatic heterocycles. The van der Waals surface area contributed by atoms with Crippen LogP contribution in [0.25, 0.3) is 0 Å². The Hall–Kier alpha value is -1.42. The third-order valence-corrected chi connectivity index (χ3v) is 6.87. The fourth-order valence-electron chi connectivity index (χ4n) is 3.08. The monoisotopic (exact) mass is 467 g/mol. The van der Waals surface area contributed by atoms with Crippen LogP contribution in [0.2, 0.25) is 0 Å². The molecule has 0 aromatic rings. The zero-order chi connectivity index (χ0) is 24.4. The van der Waals surface area contributed by atoms with E-state index >= 15 is 0 Å². The number of hydrogen-bond donors (Lipinski definition) is 1. The zero-order valence-corrected chi connectivity index (χ0v) is 22.4. The van der Waals surface area contributed by atoms with Crippen molar-refractivity contribution in [3.05, 3.63) is 46.6 Å². The maximum atomic E-state index is 12.4. The van der Waals surface area contributed by atoms with Gasteiger partial charge in [0.1, 0.15) is 6.16 Å². The van der Waals surface area contributed by atoms with E-state index in [-0.39, 0.29) is 25.3 Å². The summed E-state index contributed by atoms with van der Waals surface area (Å²) >= 11 is 0. The molecule has 1 N–H and O–H groups in total. The van der Waals surface area contributed by atoms with Crippen LogP contribution in [0, 0.1) is 0 Å². The highest BCUT2D eigenvalue weighted by molar-refractivity contribution is 7.54. The Kier molecular flexibility index (Phi) is 17.3. The van der Waals surface area contributed by atoms with Crippen molar-refractivity contribution >= 4 is 13.5 Å². The fraction of sp³-hybridized carbons (Fsp3) is 0.654. The van der Waals surface area contributed by atoms with Crippen molar-refractivity contribution in [2.45, 2.75) is 87.0 Å². The molecular formula is C26H46NO4P. The molecule has 1 amide bonds. The molecule has 0 heterocycles. The van der Waals surface area contributed by atoms with Gasteiger partial charge in [-0.05, 0) is 87.0 Å². The van der Waals surface area contributed by atoms with E-state index < -0.39 is 7.60 Å². The average Bonchev–Trinajstić information content (AvgIpc) is 2.67. The number of carbonyl (C=O) groups excluding carboxylic acids is 1. The van der Waals surface area contributed by atoms with Gasteiger partial charge in [-0.25, -0.2) is 0 Å². The van der Waals surface area contributed by atoms with Crippen LogP contribution < -0.4 is 5.32 Å². The lowest BCUT2D eigenvalue weighted by molar-refractivity contribution is -0.118. The number of amides is 1. The van der Waals surface area contributed by atoms with E-state index in [4.69, 9.17) is 9.05 Å². The summed E-state index contributed by atoms with van der Waals surface area (Å²) in [4.78, 5) is 12.0. The smallest absolute Gasteiger partial charge is 0.340 e. The topological polar surface area (TPSA) is 64.6 Å². The molecule has 5 nitrogen and oxygen atoms in total. The highest BCUT2D eigenvalue weighted by Crippen LogP contribution is 2.47. The number of carbonyl (C=O) groups is 1. The summed E-state index contributed by atoms with van der Waals surface area (Å²) < 4.78 is 22.7. The van der Waals surface area contributed by atoms with Gasteiger partial charge in [-0.15, -0.1) is 0 Å². The van der Waals surface area contributed by atoms with Gasteiger partial charge in [-0.3, -0.25) is 9.36 Å². The van der Waals surface area contributed by atoms with Crippen LogP contribution in [0.3, 0.4) is 0 Å². The first-order valence-corrected chi connectivity index (χ1v) is 13.6. The first-order valence-electron chi connectivity index (χ1n) is 11.9. The van der Waals surface area contributed by atoms with Crippen molar-refractivity contribution < 1.29 is 18.4 Å². The second-order valence-electron chi connectivity index (χ2n) is 8.46. The van der Waals surface area contributed by atoms with Gasteiger partial charge in [0.25, 0.3) is 0 Å². The fourth-order valence-corrected chi connectivity index (χ4v) is 4.59. The Bertz CT molecular complexity index is 705. The first-order chi connectivity index (χ1) is 15.1. The Morgan fingerprint density at radius 3 is 1.62 bits per heavy atom. The van der Waals surface area contributed by atoms with Crippen molar-refractivity contribution in [3.63, 3.8) is 0 Å². The molecule has 0 fully saturated rings. The lowest BCUT2D eigenvalue weighted by Gasteiger charge is -2.16. The highest BCUT2D eigenvalue weighted by Gasteiger charge is 2.27. The van der Waals surface area contributed by atoms with Crippen molar-refractivity contribution in [2.24, 2.45) is 0 Å². The van der Waals surface area contributed by atoms with E-state index in [0.717, 1.165) is 38.5 Å². The summed E-state index contributed by atoms with van der Waals surface area (Å²) in [6.07, 6.45) is 15.1. The number of nitrogens with one attached hydrogen (secondary N) is 1. The van der Waals surface area contributed by atoms with Gasteiger partial charge in [0.2, 0.25) is 5.91 Å². The average molecular weight is 468 g/mol. The normalized spacial score (nSPS) is 13.3. The van der Waals surface area contributed by atoms with Crippen molar-refractivity contribution in [1.29, 1.82) is 0 Å². The predicted molar refractivity (Wildman–Crippen MR) is 137 cm³/mol. The summed E-state index contributed by atoms with van der Waals surface area (Å²) in [5.74, 6) is -0.320. The second kappa shape index (κ2) is 18.1. The van der Waals surface area contributed by atoms with Crippen molar-refractivity contribution in [3.8, 4) is 0 Å². The number of hydrogen-bond acceptors (Lipinski definition) is 4. The molecule has 0 aliphatic carbocycles. The van der Waals surface area contributed by atoms with E-state index in [1.165, 1.54) is 22.3 Å². The molecule has 0 spiro atoms. The Morgan fingerprint density at radius 2 is 1.19 bits per heavy atom. The molecule has 184 valence electrons. The van der Waals surface area contributed by atoms with E-state index in [2.05, 4.69) is 58.2 Å². The highest BCUT2D eigenvalue weighted by atomic mass is 31.2. The summed E-state index contributed by atoms with van der Waals surface area (Å²) in [6, 6.07) is 0. The molecule has 0 unspecified atom stereocenters. The van der Waals surface area contributed by atoms with Crippen LogP contribution in [-0.2, 0) is 18.4 Å². The Morgan fingerprint density at radius 1 is 0.750 bits per heavy atom. The minimum absolute atomic E-state index is 0.244. The summed E-state index contributed by atoms with van der Waals surface area (Å²) in [7, 11) is -3.34. The molecule has 32 heavy (non-hydrogen) atoms. The van der Waals surface area contributed by atoms with Crippen molar-refractivity contribution in [2.75, 3.05) is 25.9 Å². The SMILES string of the molecule is CCOP(=O)(CC(=O)NC/C=C(\C)CC/C=C(\C)CC/C=C(\C)CCC=C(C)C)OCC.